The van der Waals surface area contributed by atoms with Gasteiger partial charge < -0.3 is 19.7 Å². The summed E-state index contributed by atoms with van der Waals surface area (Å²) in [5.41, 5.74) is 0. The van der Waals surface area contributed by atoms with Gasteiger partial charge in [0.05, 0.1) is 5.92 Å². The Balaban J connectivity index is 3.82. The molecule has 0 aromatic carbocycles. The molecule has 0 rings (SSSR count). The van der Waals surface area contributed by atoms with E-state index in [1.807, 2.05) is 14.1 Å². The number of hydrogen-bond donors (Lipinski definition) is 1. The highest BCUT2D eigenvalue weighted by atomic mass is 16.7. The van der Waals surface area contributed by atoms with E-state index in [0.717, 1.165) is 57.9 Å². The quantitative estimate of drug-likeness (QED) is 0.0781. The van der Waals surface area contributed by atoms with Gasteiger partial charge in [0, 0.05) is 6.54 Å². The SMILES string of the molecule is CCCCCC=CCC=CCCCCCCC(CCC)C(=O)OCOC(=O)NCCCN(C)C. The highest BCUT2D eigenvalue weighted by molar-refractivity contribution is 5.72. The first-order valence-corrected chi connectivity index (χ1v) is 13.5. The fourth-order valence-corrected chi connectivity index (χ4v) is 3.65. The molecule has 198 valence electrons. The Bertz CT molecular complexity index is 547. The second-order valence-corrected chi connectivity index (χ2v) is 9.25. The maximum absolute atomic E-state index is 12.4. The molecule has 34 heavy (non-hydrogen) atoms. The normalized spacial score (nSPS) is 12.5. The predicted molar refractivity (Wildman–Crippen MR) is 142 cm³/mol. The Kier molecular flexibility index (Phi) is 23.0. The van der Waals surface area contributed by atoms with Crippen LogP contribution in [0, 0.1) is 5.92 Å². The summed E-state index contributed by atoms with van der Waals surface area (Å²) in [5, 5.41) is 2.66. The average Bonchev–Trinajstić information content (AvgIpc) is 2.81. The summed E-state index contributed by atoms with van der Waals surface area (Å²) < 4.78 is 10.2. The summed E-state index contributed by atoms with van der Waals surface area (Å²) in [5.74, 6) is -0.367. The van der Waals surface area contributed by atoms with Crippen molar-refractivity contribution in [2.45, 2.75) is 104 Å². The van der Waals surface area contributed by atoms with Crippen molar-refractivity contribution in [1.82, 2.24) is 10.2 Å². The summed E-state index contributed by atoms with van der Waals surface area (Å²) in [6.07, 6.45) is 23.8. The number of carbonyl (C=O) groups is 2. The zero-order valence-electron chi connectivity index (χ0n) is 22.5. The number of alkyl carbamates (subject to hydrolysis) is 1. The molecule has 1 unspecified atom stereocenters. The Labute approximate surface area is 209 Å². The summed E-state index contributed by atoms with van der Waals surface area (Å²) >= 11 is 0. The van der Waals surface area contributed by atoms with Crippen molar-refractivity contribution in [2.75, 3.05) is 34.0 Å². The molecule has 6 heteroatoms. The summed E-state index contributed by atoms with van der Waals surface area (Å²) in [6, 6.07) is 0. The van der Waals surface area contributed by atoms with Crippen LogP contribution in [0.2, 0.25) is 0 Å². The number of allylic oxidation sites excluding steroid dienone is 4. The Morgan fingerprint density at radius 3 is 2.12 bits per heavy atom. The molecule has 0 bridgehead atoms. The van der Waals surface area contributed by atoms with Crippen LogP contribution in [-0.4, -0.2) is 50.9 Å². The zero-order valence-corrected chi connectivity index (χ0v) is 22.5. The van der Waals surface area contributed by atoms with Gasteiger partial charge in [-0.2, -0.15) is 0 Å². The second-order valence-electron chi connectivity index (χ2n) is 9.25. The predicted octanol–water partition coefficient (Wildman–Crippen LogP) is 7.00. The zero-order chi connectivity index (χ0) is 25.3. The fraction of sp³-hybridized carbons (Fsp3) is 0.786. The molecule has 1 amide bonds. The van der Waals surface area contributed by atoms with Gasteiger partial charge in [-0.1, -0.05) is 76.7 Å². The van der Waals surface area contributed by atoms with Gasteiger partial charge in [-0.25, -0.2) is 4.79 Å². The molecule has 0 heterocycles. The molecule has 6 nitrogen and oxygen atoms in total. The van der Waals surface area contributed by atoms with Crippen molar-refractivity contribution in [2.24, 2.45) is 5.92 Å². The molecule has 0 spiro atoms. The van der Waals surface area contributed by atoms with E-state index in [-0.39, 0.29) is 18.7 Å². The first-order valence-electron chi connectivity index (χ1n) is 13.5. The van der Waals surface area contributed by atoms with Gasteiger partial charge in [-0.15, -0.1) is 0 Å². The molecule has 0 aliphatic heterocycles. The van der Waals surface area contributed by atoms with E-state index in [0.29, 0.717) is 6.54 Å². The van der Waals surface area contributed by atoms with Crippen LogP contribution in [0.15, 0.2) is 24.3 Å². The lowest BCUT2D eigenvalue weighted by atomic mass is 9.96. The van der Waals surface area contributed by atoms with E-state index in [4.69, 9.17) is 9.47 Å². The van der Waals surface area contributed by atoms with Crippen molar-refractivity contribution in [3.8, 4) is 0 Å². The Morgan fingerprint density at radius 1 is 0.794 bits per heavy atom. The number of esters is 1. The minimum atomic E-state index is -0.546. The summed E-state index contributed by atoms with van der Waals surface area (Å²) in [4.78, 5) is 26.0. The van der Waals surface area contributed by atoms with Crippen molar-refractivity contribution < 1.29 is 19.1 Å². The van der Waals surface area contributed by atoms with Crippen LogP contribution in [0.4, 0.5) is 4.79 Å². The third-order valence-electron chi connectivity index (χ3n) is 5.67. The van der Waals surface area contributed by atoms with Crippen molar-refractivity contribution >= 4 is 12.1 Å². The van der Waals surface area contributed by atoms with Gasteiger partial charge in [0.2, 0.25) is 6.79 Å². The smallest absolute Gasteiger partial charge is 0.410 e. The van der Waals surface area contributed by atoms with Gasteiger partial charge in [-0.3, -0.25) is 4.79 Å². The number of ether oxygens (including phenoxy) is 2. The van der Waals surface area contributed by atoms with E-state index in [2.05, 4.69) is 48.4 Å². The van der Waals surface area contributed by atoms with Gasteiger partial charge in [0.25, 0.3) is 0 Å². The number of amides is 1. The maximum atomic E-state index is 12.4. The number of hydrogen-bond acceptors (Lipinski definition) is 5. The summed E-state index contributed by atoms with van der Waals surface area (Å²) in [7, 11) is 3.97. The molecule has 0 aliphatic carbocycles. The minimum absolute atomic E-state index is 0.110. The molecule has 0 radical (unpaired) electrons. The first kappa shape index (κ1) is 32.2. The van der Waals surface area contributed by atoms with Crippen molar-refractivity contribution in [3.05, 3.63) is 24.3 Å². The minimum Gasteiger partial charge on any atom is -0.428 e. The van der Waals surface area contributed by atoms with Crippen molar-refractivity contribution in [3.63, 3.8) is 0 Å². The number of carbonyl (C=O) groups excluding carboxylic acids is 2. The van der Waals surface area contributed by atoms with E-state index in [1.165, 1.54) is 38.5 Å². The molecule has 0 aromatic heterocycles. The van der Waals surface area contributed by atoms with Gasteiger partial charge in [-0.05, 0) is 72.0 Å². The van der Waals surface area contributed by atoms with Gasteiger partial charge >= 0.3 is 12.1 Å². The fourth-order valence-electron chi connectivity index (χ4n) is 3.65. The molecule has 0 saturated carbocycles. The van der Waals surface area contributed by atoms with E-state index >= 15 is 0 Å². The van der Waals surface area contributed by atoms with E-state index in [9.17, 15) is 9.59 Å². The lowest BCUT2D eigenvalue weighted by Crippen LogP contribution is -2.29. The van der Waals surface area contributed by atoms with E-state index < -0.39 is 6.09 Å². The molecule has 0 aliphatic rings. The third-order valence-corrected chi connectivity index (χ3v) is 5.67. The molecule has 0 aromatic rings. The van der Waals surface area contributed by atoms with Crippen LogP contribution in [0.3, 0.4) is 0 Å². The second kappa shape index (κ2) is 24.3. The monoisotopic (exact) mass is 480 g/mol. The van der Waals surface area contributed by atoms with Crippen LogP contribution in [-0.2, 0) is 14.3 Å². The molecule has 1 atom stereocenters. The lowest BCUT2D eigenvalue weighted by molar-refractivity contribution is -0.157. The molecule has 1 N–H and O–H groups in total. The number of nitrogens with one attached hydrogen (secondary N) is 1. The standard InChI is InChI=1S/C28H52N2O4/c1-5-7-8-9-10-11-12-13-14-15-16-17-18-19-22-26(21-6-2)27(31)33-25-34-28(32)29-23-20-24-30(3)4/h10-11,13-14,26H,5-9,12,15-25H2,1-4H3,(H,29,32). The number of unbranched alkanes of at least 4 members (excludes halogenated alkanes) is 7. The lowest BCUT2D eigenvalue weighted by Gasteiger charge is -2.15. The molecule has 0 fully saturated rings. The average molecular weight is 481 g/mol. The van der Waals surface area contributed by atoms with Crippen LogP contribution in [0.25, 0.3) is 0 Å². The number of nitrogens with zero attached hydrogens (tertiary/aromatic N) is 1. The highest BCUT2D eigenvalue weighted by Gasteiger charge is 2.19. The highest BCUT2D eigenvalue weighted by Crippen LogP contribution is 2.18. The van der Waals surface area contributed by atoms with Crippen LogP contribution >= 0.6 is 0 Å². The van der Waals surface area contributed by atoms with Gasteiger partial charge in [0.15, 0.2) is 0 Å². The molecular weight excluding hydrogens is 428 g/mol. The van der Waals surface area contributed by atoms with Gasteiger partial charge in [0.1, 0.15) is 0 Å². The summed E-state index contributed by atoms with van der Waals surface area (Å²) in [6.45, 7) is 5.42. The number of rotatable bonds is 22. The maximum Gasteiger partial charge on any atom is 0.410 e. The Hall–Kier alpha value is -1.82. The largest absolute Gasteiger partial charge is 0.428 e. The van der Waals surface area contributed by atoms with Crippen molar-refractivity contribution in [1.29, 1.82) is 0 Å². The Morgan fingerprint density at radius 2 is 1.47 bits per heavy atom. The van der Waals surface area contributed by atoms with Crippen LogP contribution in [0.5, 0.6) is 0 Å². The third kappa shape index (κ3) is 22.0. The molecular formula is C28H52N2O4. The van der Waals surface area contributed by atoms with E-state index in [1.54, 1.807) is 0 Å². The van der Waals surface area contributed by atoms with Crippen LogP contribution in [0.1, 0.15) is 104 Å². The molecule has 0 saturated heterocycles. The van der Waals surface area contributed by atoms with Crippen LogP contribution < -0.4 is 5.32 Å². The topological polar surface area (TPSA) is 67.9 Å². The first-order chi connectivity index (χ1) is 16.5.